The molecule has 45 heavy (non-hydrogen) atoms. The van der Waals surface area contributed by atoms with Gasteiger partial charge in [-0.1, -0.05) is 201 Å². The zero-order valence-electron chi connectivity index (χ0n) is 34.7. The highest BCUT2D eigenvalue weighted by molar-refractivity contribution is 5.40. The van der Waals surface area contributed by atoms with Crippen molar-refractivity contribution in [1.29, 1.82) is 0 Å². The molecule has 0 N–H and O–H groups in total. The number of benzene rings is 2. The topological polar surface area (TPSA) is 0 Å². The average molecular weight is 621 g/mol. The van der Waals surface area contributed by atoms with Gasteiger partial charge in [-0.25, -0.2) is 0 Å². The van der Waals surface area contributed by atoms with E-state index in [1.807, 2.05) is 41.5 Å². The molecule has 0 aliphatic heterocycles. The molecule has 1 unspecified atom stereocenters. The quantitative estimate of drug-likeness (QED) is 0.278. The van der Waals surface area contributed by atoms with Gasteiger partial charge in [0.25, 0.3) is 0 Å². The Hall–Kier alpha value is -1.56. The Morgan fingerprint density at radius 1 is 0.422 bits per heavy atom. The van der Waals surface area contributed by atoms with Crippen LogP contribution >= 0.6 is 0 Å². The summed E-state index contributed by atoms with van der Waals surface area (Å²) < 4.78 is 0. The molecule has 0 saturated heterocycles. The Morgan fingerprint density at radius 2 is 0.733 bits per heavy atom. The standard InChI is InChI=1S/C20H32.C19H30.3C2H6/c1-9-20(8)16-13-11-10-12-15(16)14-17(2,3)18(4,5)19(20,6)7;1-16(2)13-14-11-9-10-12-15(14)17(3,4)19(7,8)18(16,5)6;3*1-2/h10-13H,9,14H2,1-8H3;9-12H,13H2,1-8H3;3*1-2H3. The Morgan fingerprint density at radius 3 is 1.11 bits per heavy atom. The zero-order chi connectivity index (χ0) is 36.1. The third-order valence-electron chi connectivity index (χ3n) is 14.7. The molecular weight excluding hydrogens is 540 g/mol. The van der Waals surface area contributed by atoms with Crippen molar-refractivity contribution in [3.05, 3.63) is 70.8 Å². The van der Waals surface area contributed by atoms with Crippen LogP contribution < -0.4 is 0 Å². The molecule has 0 fully saturated rings. The van der Waals surface area contributed by atoms with Gasteiger partial charge in [0, 0.05) is 0 Å². The Balaban J connectivity index is 0.000000739. The molecule has 0 heterocycles. The van der Waals surface area contributed by atoms with Crippen molar-refractivity contribution in [2.75, 3.05) is 0 Å². The Kier molecular flexibility index (Phi) is 14.6. The van der Waals surface area contributed by atoms with Crippen LogP contribution in [0.15, 0.2) is 48.5 Å². The second-order valence-corrected chi connectivity index (χ2v) is 17.2. The molecule has 2 aliphatic rings. The maximum absolute atomic E-state index is 2.49. The van der Waals surface area contributed by atoms with Crippen molar-refractivity contribution in [1.82, 2.24) is 0 Å². The molecule has 0 saturated carbocycles. The molecule has 2 aromatic carbocycles. The number of rotatable bonds is 1. The van der Waals surface area contributed by atoms with E-state index >= 15 is 0 Å². The van der Waals surface area contributed by atoms with Gasteiger partial charge in [-0.2, -0.15) is 0 Å². The van der Waals surface area contributed by atoms with Gasteiger partial charge in [-0.05, 0) is 84.8 Å². The second kappa shape index (κ2) is 15.1. The number of fused-ring (bicyclic) bond motifs is 2. The third-order valence-corrected chi connectivity index (χ3v) is 14.7. The van der Waals surface area contributed by atoms with E-state index in [1.54, 1.807) is 16.7 Å². The summed E-state index contributed by atoms with van der Waals surface area (Å²) in [6.45, 7) is 51.2. The predicted octanol–water partition coefficient (Wildman–Crippen LogP) is 14.7. The van der Waals surface area contributed by atoms with E-state index in [0.29, 0.717) is 10.8 Å². The van der Waals surface area contributed by atoms with E-state index < -0.39 is 0 Å². The Labute approximate surface area is 285 Å². The Bertz CT molecular complexity index is 1180. The van der Waals surface area contributed by atoms with Crippen LogP contribution in [0.5, 0.6) is 0 Å². The van der Waals surface area contributed by atoms with Crippen LogP contribution in [0.25, 0.3) is 0 Å². The van der Waals surface area contributed by atoms with E-state index in [0.717, 1.165) is 0 Å². The van der Waals surface area contributed by atoms with Crippen LogP contribution in [-0.2, 0) is 23.7 Å². The molecule has 2 aromatic rings. The minimum absolute atomic E-state index is 0.181. The third kappa shape index (κ3) is 7.02. The summed E-state index contributed by atoms with van der Waals surface area (Å²) >= 11 is 0. The van der Waals surface area contributed by atoms with Crippen molar-refractivity contribution >= 4 is 0 Å². The molecule has 1 atom stereocenters. The fourth-order valence-corrected chi connectivity index (χ4v) is 8.36. The van der Waals surface area contributed by atoms with E-state index in [9.17, 15) is 0 Å². The molecule has 0 radical (unpaired) electrons. The molecule has 0 aromatic heterocycles. The SMILES string of the molecule is CC.CC.CC.CC1(C)Cc2ccccc2C(C)(C)C(C)(C)C1(C)C.CCC1(C)c2ccccc2CC(C)(C)C(C)(C)C1(C)C. The molecule has 0 heteroatoms. The molecule has 4 rings (SSSR count). The van der Waals surface area contributed by atoms with Crippen LogP contribution in [-0.4, -0.2) is 0 Å². The van der Waals surface area contributed by atoms with E-state index in [2.05, 4.69) is 159 Å². The van der Waals surface area contributed by atoms with Crippen LogP contribution in [0.1, 0.15) is 181 Å². The van der Waals surface area contributed by atoms with E-state index in [4.69, 9.17) is 0 Å². The van der Waals surface area contributed by atoms with Gasteiger partial charge in [0.15, 0.2) is 0 Å². The summed E-state index contributed by atoms with van der Waals surface area (Å²) in [5.41, 5.74) is 8.20. The number of hydrogen-bond donors (Lipinski definition) is 0. The first-order valence-electron chi connectivity index (χ1n) is 18.6. The summed E-state index contributed by atoms with van der Waals surface area (Å²) in [7, 11) is 0. The van der Waals surface area contributed by atoms with E-state index in [-0.39, 0.29) is 32.5 Å². The zero-order valence-corrected chi connectivity index (χ0v) is 34.7. The van der Waals surface area contributed by atoms with Crippen LogP contribution in [0.2, 0.25) is 0 Å². The molecule has 0 amide bonds. The van der Waals surface area contributed by atoms with Gasteiger partial charge in [0.2, 0.25) is 0 Å². The molecule has 0 bridgehead atoms. The predicted molar refractivity (Wildman–Crippen MR) is 208 cm³/mol. The van der Waals surface area contributed by atoms with Gasteiger partial charge in [0.1, 0.15) is 0 Å². The monoisotopic (exact) mass is 621 g/mol. The summed E-state index contributed by atoms with van der Waals surface area (Å²) in [5.74, 6) is 0. The summed E-state index contributed by atoms with van der Waals surface area (Å²) in [4.78, 5) is 0. The smallest absolute Gasteiger partial charge is 0.00188 e. The highest BCUT2D eigenvalue weighted by Gasteiger charge is 2.59. The van der Waals surface area contributed by atoms with Crippen molar-refractivity contribution in [3.8, 4) is 0 Å². The first-order valence-corrected chi connectivity index (χ1v) is 18.6. The maximum atomic E-state index is 2.49. The fraction of sp³-hybridized carbons (Fsp3) is 0.733. The molecular formula is C45H80. The highest BCUT2D eigenvalue weighted by atomic mass is 14.6. The summed E-state index contributed by atoms with van der Waals surface area (Å²) in [6.07, 6.45) is 3.54. The van der Waals surface area contributed by atoms with Gasteiger partial charge < -0.3 is 0 Å². The van der Waals surface area contributed by atoms with Crippen LogP contribution in [0, 0.1) is 32.5 Å². The van der Waals surface area contributed by atoms with Gasteiger partial charge in [-0.3, -0.25) is 0 Å². The first-order chi connectivity index (χ1) is 20.5. The summed E-state index contributed by atoms with van der Waals surface area (Å²) in [5, 5.41) is 0. The fourth-order valence-electron chi connectivity index (χ4n) is 8.36. The minimum atomic E-state index is 0.181. The first kappa shape index (κ1) is 43.4. The normalized spacial score (nSPS) is 25.0. The highest BCUT2D eigenvalue weighted by Crippen LogP contribution is 2.65. The lowest BCUT2D eigenvalue weighted by molar-refractivity contribution is -0.0618. The largest absolute Gasteiger partial charge is 0.0683 e. The van der Waals surface area contributed by atoms with Gasteiger partial charge in [-0.15, -0.1) is 0 Å². The van der Waals surface area contributed by atoms with Crippen molar-refractivity contribution < 1.29 is 0 Å². The van der Waals surface area contributed by atoms with Gasteiger partial charge >= 0.3 is 0 Å². The molecule has 0 spiro atoms. The average Bonchev–Trinajstić information content (AvgIpc) is 3.04. The summed E-state index contributed by atoms with van der Waals surface area (Å²) in [6, 6.07) is 18.2. The van der Waals surface area contributed by atoms with E-state index in [1.165, 1.54) is 24.8 Å². The van der Waals surface area contributed by atoms with Crippen LogP contribution in [0.3, 0.4) is 0 Å². The molecule has 2 aliphatic carbocycles. The van der Waals surface area contributed by atoms with Crippen molar-refractivity contribution in [2.24, 2.45) is 32.5 Å². The number of hydrogen-bond acceptors (Lipinski definition) is 0. The lowest BCUT2D eigenvalue weighted by Crippen LogP contribution is -2.53. The molecule has 260 valence electrons. The van der Waals surface area contributed by atoms with Gasteiger partial charge in [0.05, 0.1) is 0 Å². The minimum Gasteiger partial charge on any atom is -0.0683 e. The molecule has 0 nitrogen and oxygen atoms in total. The van der Waals surface area contributed by atoms with Crippen LogP contribution in [0.4, 0.5) is 0 Å². The van der Waals surface area contributed by atoms with Crippen molar-refractivity contribution in [3.63, 3.8) is 0 Å². The second-order valence-electron chi connectivity index (χ2n) is 17.2. The van der Waals surface area contributed by atoms with Crippen molar-refractivity contribution in [2.45, 2.75) is 182 Å². The maximum Gasteiger partial charge on any atom is -0.00188 e. The lowest BCUT2D eigenvalue weighted by Gasteiger charge is -2.58. The lowest BCUT2D eigenvalue weighted by atomic mass is 9.46.